The molecule has 5 aromatic rings. The average molecular weight is 445 g/mol. The van der Waals surface area contributed by atoms with Gasteiger partial charge in [-0.25, -0.2) is 23.4 Å². The Labute approximate surface area is 188 Å². The number of aliphatic hydroxyl groups is 1. The number of fused-ring (bicyclic) bond motifs is 1. The Balaban J connectivity index is 1.68. The summed E-state index contributed by atoms with van der Waals surface area (Å²) in [6, 6.07) is 18.6. The zero-order chi connectivity index (χ0) is 23.0. The highest BCUT2D eigenvalue weighted by atomic mass is 19.1. The van der Waals surface area contributed by atoms with E-state index < -0.39 is 17.2 Å². The third kappa shape index (κ3) is 4.01. The van der Waals surface area contributed by atoms with Gasteiger partial charge in [0, 0.05) is 17.2 Å². The Morgan fingerprint density at radius 1 is 0.970 bits per heavy atom. The van der Waals surface area contributed by atoms with Gasteiger partial charge in [-0.1, -0.05) is 48.0 Å². The van der Waals surface area contributed by atoms with Gasteiger partial charge in [-0.2, -0.15) is 5.10 Å². The number of hydrogen-bond acceptors (Lipinski definition) is 4. The van der Waals surface area contributed by atoms with Crippen molar-refractivity contribution in [3.05, 3.63) is 102 Å². The van der Waals surface area contributed by atoms with E-state index in [-0.39, 0.29) is 18.7 Å². The normalized spacial score (nSPS) is 13.3. The van der Waals surface area contributed by atoms with E-state index in [1.807, 2.05) is 60.0 Å². The van der Waals surface area contributed by atoms with Crippen LogP contribution in [-0.2, 0) is 18.7 Å². The molecular weight excluding hydrogens is 424 g/mol. The van der Waals surface area contributed by atoms with Crippen molar-refractivity contribution in [1.82, 2.24) is 24.3 Å². The molecule has 5 rings (SSSR count). The van der Waals surface area contributed by atoms with E-state index in [1.54, 1.807) is 0 Å². The molecule has 33 heavy (non-hydrogen) atoms. The predicted octanol–water partition coefficient (Wildman–Crippen LogP) is 4.47. The zero-order valence-corrected chi connectivity index (χ0v) is 17.9. The Bertz CT molecular complexity index is 1410. The second-order valence-corrected chi connectivity index (χ2v) is 8.13. The highest BCUT2D eigenvalue weighted by Gasteiger charge is 2.35. The first-order valence-corrected chi connectivity index (χ1v) is 10.5. The summed E-state index contributed by atoms with van der Waals surface area (Å²) in [4.78, 5) is 8.71. The van der Waals surface area contributed by atoms with Crippen LogP contribution in [0.1, 0.15) is 11.1 Å². The minimum absolute atomic E-state index is 0.0352. The molecule has 0 amide bonds. The van der Waals surface area contributed by atoms with E-state index in [9.17, 15) is 13.9 Å². The summed E-state index contributed by atoms with van der Waals surface area (Å²) in [6.45, 7) is 1.87. The van der Waals surface area contributed by atoms with Crippen LogP contribution in [0.3, 0.4) is 0 Å². The number of halogens is 2. The molecule has 1 N–H and O–H groups in total. The van der Waals surface area contributed by atoms with Gasteiger partial charge in [0.05, 0.1) is 24.1 Å². The van der Waals surface area contributed by atoms with Crippen LogP contribution in [0, 0.1) is 18.6 Å². The third-order valence-corrected chi connectivity index (χ3v) is 5.71. The van der Waals surface area contributed by atoms with Gasteiger partial charge in [-0.15, -0.1) is 0 Å². The lowest BCUT2D eigenvalue weighted by molar-refractivity contribution is -0.00410. The van der Waals surface area contributed by atoms with Crippen LogP contribution in [0.2, 0.25) is 0 Å². The molecule has 1 atom stereocenters. The Hall–Kier alpha value is -3.91. The summed E-state index contributed by atoms with van der Waals surface area (Å²) in [5.74, 6) is -0.914. The lowest BCUT2D eigenvalue weighted by Crippen LogP contribution is -2.37. The van der Waals surface area contributed by atoms with Gasteiger partial charge >= 0.3 is 0 Å². The van der Waals surface area contributed by atoms with Crippen molar-refractivity contribution in [3.63, 3.8) is 0 Å². The van der Waals surface area contributed by atoms with Crippen molar-refractivity contribution in [1.29, 1.82) is 0 Å². The molecule has 0 radical (unpaired) electrons. The lowest BCUT2D eigenvalue weighted by Gasteiger charge is -2.30. The molecule has 3 aromatic carbocycles. The van der Waals surface area contributed by atoms with Crippen molar-refractivity contribution < 1.29 is 13.9 Å². The molecule has 0 aliphatic carbocycles. The van der Waals surface area contributed by atoms with Crippen molar-refractivity contribution in [2.24, 2.45) is 0 Å². The topological polar surface area (TPSA) is 68.8 Å². The Kier molecular flexibility index (Phi) is 5.22. The standard InChI is InChI=1S/C25H21F2N5O/c1-17-6-8-18(9-7-17)24-30-22-4-2-3-5-23(22)32(24)14-25(33,13-31-16-28-15-29-31)20-11-10-19(26)12-21(20)27/h2-12,15-16,33H,13-14H2,1H3. The summed E-state index contributed by atoms with van der Waals surface area (Å²) in [5.41, 5.74) is 1.70. The molecule has 0 saturated carbocycles. The molecule has 2 heterocycles. The highest BCUT2D eigenvalue weighted by molar-refractivity contribution is 5.80. The smallest absolute Gasteiger partial charge is 0.141 e. The van der Waals surface area contributed by atoms with E-state index >= 15 is 0 Å². The molecule has 0 fully saturated rings. The van der Waals surface area contributed by atoms with E-state index in [4.69, 9.17) is 4.98 Å². The molecule has 6 nitrogen and oxygen atoms in total. The molecule has 0 aliphatic heterocycles. The van der Waals surface area contributed by atoms with Crippen LogP contribution in [0.5, 0.6) is 0 Å². The second kappa shape index (κ2) is 8.22. The van der Waals surface area contributed by atoms with Crippen LogP contribution in [-0.4, -0.2) is 29.4 Å². The predicted molar refractivity (Wildman–Crippen MR) is 120 cm³/mol. The molecule has 8 heteroatoms. The van der Waals surface area contributed by atoms with Crippen LogP contribution in [0.25, 0.3) is 22.4 Å². The van der Waals surface area contributed by atoms with E-state index in [0.29, 0.717) is 5.82 Å². The van der Waals surface area contributed by atoms with E-state index in [0.717, 1.165) is 34.3 Å². The molecule has 0 bridgehead atoms. The van der Waals surface area contributed by atoms with Gasteiger partial charge in [-0.3, -0.25) is 0 Å². The SMILES string of the molecule is Cc1ccc(-c2nc3ccccc3n2CC(O)(Cn2cncn2)c2ccc(F)cc2F)cc1. The number of rotatable bonds is 6. The van der Waals surface area contributed by atoms with Crippen LogP contribution in [0.4, 0.5) is 8.78 Å². The number of hydrogen-bond donors (Lipinski definition) is 1. The first-order valence-electron chi connectivity index (χ1n) is 10.5. The molecule has 0 spiro atoms. The Morgan fingerprint density at radius 2 is 1.76 bits per heavy atom. The summed E-state index contributed by atoms with van der Waals surface area (Å²) >= 11 is 0. The minimum atomic E-state index is -1.77. The van der Waals surface area contributed by atoms with Crippen molar-refractivity contribution >= 4 is 11.0 Å². The van der Waals surface area contributed by atoms with Crippen LogP contribution >= 0.6 is 0 Å². The highest BCUT2D eigenvalue weighted by Crippen LogP contribution is 2.33. The zero-order valence-electron chi connectivity index (χ0n) is 17.9. The molecule has 0 aliphatic rings. The fourth-order valence-corrected chi connectivity index (χ4v) is 4.09. The first kappa shape index (κ1) is 21.0. The van der Waals surface area contributed by atoms with Gasteiger partial charge in [0.25, 0.3) is 0 Å². The maximum atomic E-state index is 14.9. The lowest BCUT2D eigenvalue weighted by atomic mass is 9.92. The molecular formula is C25H21F2N5O. The summed E-state index contributed by atoms with van der Waals surface area (Å²) in [6.07, 6.45) is 2.78. The van der Waals surface area contributed by atoms with Crippen molar-refractivity contribution in [3.8, 4) is 11.4 Å². The number of imidazole rings is 1. The number of benzene rings is 3. The van der Waals surface area contributed by atoms with Crippen molar-refractivity contribution in [2.45, 2.75) is 25.6 Å². The second-order valence-electron chi connectivity index (χ2n) is 8.13. The van der Waals surface area contributed by atoms with Crippen LogP contribution < -0.4 is 0 Å². The number of nitrogens with zero attached hydrogens (tertiary/aromatic N) is 5. The Morgan fingerprint density at radius 3 is 2.48 bits per heavy atom. The number of aromatic nitrogens is 5. The minimum Gasteiger partial charge on any atom is -0.381 e. The summed E-state index contributed by atoms with van der Waals surface area (Å²) in [5, 5.41) is 16.0. The first-order chi connectivity index (χ1) is 15.9. The van der Waals surface area contributed by atoms with Gasteiger partial charge in [0.1, 0.15) is 35.7 Å². The monoisotopic (exact) mass is 445 g/mol. The molecule has 166 valence electrons. The quantitative estimate of drug-likeness (QED) is 0.419. The average Bonchev–Trinajstić information content (AvgIpc) is 3.42. The van der Waals surface area contributed by atoms with Gasteiger partial charge in [-0.05, 0) is 25.1 Å². The molecule has 0 saturated heterocycles. The van der Waals surface area contributed by atoms with Gasteiger partial charge in [0.2, 0.25) is 0 Å². The van der Waals surface area contributed by atoms with E-state index in [1.165, 1.54) is 23.4 Å². The third-order valence-electron chi connectivity index (χ3n) is 5.71. The van der Waals surface area contributed by atoms with Crippen LogP contribution in [0.15, 0.2) is 79.4 Å². The maximum absolute atomic E-state index is 14.9. The maximum Gasteiger partial charge on any atom is 0.141 e. The largest absolute Gasteiger partial charge is 0.381 e. The van der Waals surface area contributed by atoms with E-state index in [2.05, 4.69) is 10.1 Å². The summed E-state index contributed by atoms with van der Waals surface area (Å²) in [7, 11) is 0. The fourth-order valence-electron chi connectivity index (χ4n) is 4.09. The van der Waals surface area contributed by atoms with Gasteiger partial charge in [0.15, 0.2) is 0 Å². The number of para-hydroxylation sites is 2. The summed E-state index contributed by atoms with van der Waals surface area (Å²) < 4.78 is 31.9. The van der Waals surface area contributed by atoms with Gasteiger partial charge < -0.3 is 9.67 Å². The number of aryl methyl sites for hydroxylation is 1. The fraction of sp³-hybridized carbons (Fsp3) is 0.160. The van der Waals surface area contributed by atoms with Crippen molar-refractivity contribution in [2.75, 3.05) is 0 Å². The molecule has 2 aromatic heterocycles. The molecule has 1 unspecified atom stereocenters.